The van der Waals surface area contributed by atoms with E-state index in [9.17, 15) is 34.6 Å². The summed E-state index contributed by atoms with van der Waals surface area (Å²) < 4.78 is 28.1. The number of nitro groups is 2. The first-order valence-corrected chi connectivity index (χ1v) is 14.5. The molecule has 2 aliphatic heterocycles. The largest absolute Gasteiger partial charge is 0.463 e. The smallest absolute Gasteiger partial charge is 0.410 e. The van der Waals surface area contributed by atoms with Gasteiger partial charge in [0.15, 0.2) is 11.9 Å². The van der Waals surface area contributed by atoms with Gasteiger partial charge in [-0.05, 0) is 45.7 Å². The SMILES string of the molecule is C=C(C)C(=O)OCC1OC(C)(C)OC1COC(=O)C1CCN(C(=O)OC(c2ccccc2[N+](=O)[O-])c2ccccc2[N+](=O)[O-])CC1. The summed E-state index contributed by atoms with van der Waals surface area (Å²) in [4.78, 5) is 61.6. The molecule has 0 spiro atoms. The highest BCUT2D eigenvalue weighted by atomic mass is 16.8. The van der Waals surface area contributed by atoms with Crippen LogP contribution in [0.25, 0.3) is 0 Å². The van der Waals surface area contributed by atoms with E-state index >= 15 is 0 Å². The van der Waals surface area contributed by atoms with Crippen molar-refractivity contribution in [3.05, 3.63) is 92.0 Å². The van der Waals surface area contributed by atoms with Crippen molar-refractivity contribution >= 4 is 29.4 Å². The van der Waals surface area contributed by atoms with Crippen molar-refractivity contribution in [3.63, 3.8) is 0 Å². The van der Waals surface area contributed by atoms with Gasteiger partial charge in [0.05, 0.1) is 26.9 Å². The molecule has 2 aromatic rings. The van der Waals surface area contributed by atoms with Crippen LogP contribution in [0.4, 0.5) is 16.2 Å². The van der Waals surface area contributed by atoms with Crippen molar-refractivity contribution in [2.24, 2.45) is 5.92 Å². The predicted molar refractivity (Wildman–Crippen MR) is 159 cm³/mol. The van der Waals surface area contributed by atoms with Gasteiger partial charge in [-0.1, -0.05) is 30.8 Å². The van der Waals surface area contributed by atoms with Crippen LogP contribution in [0, 0.1) is 26.1 Å². The van der Waals surface area contributed by atoms with E-state index in [-0.39, 0.29) is 67.2 Å². The molecule has 15 heteroatoms. The van der Waals surface area contributed by atoms with E-state index < -0.39 is 57.9 Å². The first-order chi connectivity index (χ1) is 21.8. The molecule has 0 N–H and O–H groups in total. The van der Waals surface area contributed by atoms with Crippen LogP contribution in [-0.2, 0) is 33.3 Å². The summed E-state index contributed by atoms with van der Waals surface area (Å²) in [5.41, 5.74) is -0.549. The van der Waals surface area contributed by atoms with Crippen molar-refractivity contribution in [1.29, 1.82) is 0 Å². The Labute approximate surface area is 264 Å². The second-order valence-corrected chi connectivity index (χ2v) is 11.4. The lowest BCUT2D eigenvalue weighted by molar-refractivity contribution is -0.387. The lowest BCUT2D eigenvalue weighted by Gasteiger charge is -2.31. The maximum Gasteiger partial charge on any atom is 0.410 e. The summed E-state index contributed by atoms with van der Waals surface area (Å²) in [6, 6.07) is 11.1. The highest BCUT2D eigenvalue weighted by Crippen LogP contribution is 2.38. The molecule has 2 aromatic carbocycles. The summed E-state index contributed by atoms with van der Waals surface area (Å²) >= 11 is 0. The maximum atomic E-state index is 13.3. The molecular weight excluding hydrogens is 606 g/mol. The topological polar surface area (TPSA) is 187 Å². The van der Waals surface area contributed by atoms with Crippen molar-refractivity contribution in [3.8, 4) is 0 Å². The number of ether oxygens (including phenoxy) is 5. The van der Waals surface area contributed by atoms with Gasteiger partial charge in [0.25, 0.3) is 11.4 Å². The molecule has 0 aromatic heterocycles. The average Bonchev–Trinajstić information content (AvgIpc) is 3.33. The third-order valence-electron chi connectivity index (χ3n) is 7.54. The summed E-state index contributed by atoms with van der Waals surface area (Å²) in [6.07, 6.45) is -3.17. The zero-order chi connectivity index (χ0) is 33.6. The fourth-order valence-electron chi connectivity index (χ4n) is 5.27. The molecule has 246 valence electrons. The second-order valence-electron chi connectivity index (χ2n) is 11.4. The molecule has 0 radical (unpaired) electrons. The number of rotatable bonds is 11. The molecule has 4 rings (SSSR count). The highest BCUT2D eigenvalue weighted by Gasteiger charge is 2.43. The van der Waals surface area contributed by atoms with Crippen LogP contribution in [0.15, 0.2) is 60.7 Å². The van der Waals surface area contributed by atoms with E-state index in [1.165, 1.54) is 60.4 Å². The quantitative estimate of drug-likeness (QED) is 0.109. The minimum Gasteiger partial charge on any atom is -0.463 e. The monoisotopic (exact) mass is 641 g/mol. The highest BCUT2D eigenvalue weighted by molar-refractivity contribution is 5.86. The third-order valence-corrected chi connectivity index (χ3v) is 7.54. The molecular formula is C31H35N3O12. The summed E-state index contributed by atoms with van der Waals surface area (Å²) in [6.45, 7) is 8.39. The minimum atomic E-state index is -1.45. The Morgan fingerprint density at radius 2 is 1.39 bits per heavy atom. The minimum absolute atomic E-state index is 0.0254. The van der Waals surface area contributed by atoms with E-state index in [2.05, 4.69) is 6.58 Å². The summed E-state index contributed by atoms with van der Waals surface area (Å²) in [5, 5.41) is 23.5. The Morgan fingerprint density at radius 3 is 1.87 bits per heavy atom. The van der Waals surface area contributed by atoms with Crippen LogP contribution in [0.2, 0.25) is 0 Å². The van der Waals surface area contributed by atoms with E-state index in [4.69, 9.17) is 23.7 Å². The number of piperidine rings is 1. The van der Waals surface area contributed by atoms with Gasteiger partial charge >= 0.3 is 18.0 Å². The van der Waals surface area contributed by atoms with E-state index in [1.807, 2.05) is 0 Å². The van der Waals surface area contributed by atoms with Crippen molar-refractivity contribution in [2.45, 2.75) is 57.7 Å². The molecule has 0 bridgehead atoms. The van der Waals surface area contributed by atoms with Crippen molar-refractivity contribution < 1.29 is 47.9 Å². The Kier molecular flexibility index (Phi) is 10.7. The normalized spacial score (nSPS) is 19.3. The number of nitro benzene ring substituents is 2. The number of hydrogen-bond acceptors (Lipinski definition) is 12. The Morgan fingerprint density at radius 1 is 0.913 bits per heavy atom. The number of para-hydroxylation sites is 2. The summed E-state index contributed by atoms with van der Waals surface area (Å²) in [5.74, 6) is -2.61. The standard InChI is InChI=1S/C31H35N3O12/c1-19(2)28(35)42-17-25-26(46-31(3,4)45-25)18-43-29(36)20-13-15-32(16-14-20)30(37)44-27(21-9-5-7-11-23(21)33(38)39)22-10-6-8-12-24(22)34(40)41/h5-12,20,25-27H,1,13-18H2,2-4H3. The zero-order valence-corrected chi connectivity index (χ0v) is 25.6. The molecule has 0 saturated carbocycles. The third kappa shape index (κ3) is 8.22. The number of carbonyl (C=O) groups excluding carboxylic acids is 3. The predicted octanol–water partition coefficient (Wildman–Crippen LogP) is 4.62. The molecule has 15 nitrogen and oxygen atoms in total. The van der Waals surface area contributed by atoms with Crippen LogP contribution in [-0.4, -0.2) is 77.1 Å². The number of likely N-dealkylation sites (tertiary alicyclic amines) is 1. The second kappa shape index (κ2) is 14.5. The Balaban J connectivity index is 1.38. The van der Waals surface area contributed by atoms with Gasteiger partial charge in [-0.15, -0.1) is 0 Å². The molecule has 1 amide bonds. The zero-order valence-electron chi connectivity index (χ0n) is 25.6. The van der Waals surface area contributed by atoms with E-state index in [1.54, 1.807) is 13.8 Å². The van der Waals surface area contributed by atoms with E-state index in [0.717, 1.165) is 0 Å². The lowest BCUT2D eigenvalue weighted by atomic mass is 9.97. The number of nitrogens with zero attached hydrogens (tertiary/aromatic N) is 3. The van der Waals surface area contributed by atoms with Gasteiger partial charge in [0.2, 0.25) is 0 Å². The number of carbonyl (C=O) groups is 3. The molecule has 2 saturated heterocycles. The van der Waals surface area contributed by atoms with Gasteiger partial charge < -0.3 is 28.6 Å². The van der Waals surface area contributed by atoms with Gasteiger partial charge in [-0.25, -0.2) is 9.59 Å². The Bertz CT molecular complexity index is 1440. The molecule has 2 heterocycles. The number of benzene rings is 2. The molecule has 46 heavy (non-hydrogen) atoms. The van der Waals surface area contributed by atoms with Crippen LogP contribution < -0.4 is 0 Å². The first-order valence-electron chi connectivity index (χ1n) is 14.5. The average molecular weight is 642 g/mol. The van der Waals surface area contributed by atoms with Crippen LogP contribution in [0.3, 0.4) is 0 Å². The fourth-order valence-corrected chi connectivity index (χ4v) is 5.27. The van der Waals surface area contributed by atoms with E-state index in [0.29, 0.717) is 0 Å². The molecule has 2 atom stereocenters. The number of hydrogen-bond donors (Lipinski definition) is 0. The fraction of sp³-hybridized carbons (Fsp3) is 0.452. The van der Waals surface area contributed by atoms with Crippen LogP contribution in [0.1, 0.15) is 50.8 Å². The van der Waals surface area contributed by atoms with Crippen molar-refractivity contribution in [2.75, 3.05) is 26.3 Å². The maximum absolute atomic E-state index is 13.3. The molecule has 2 aliphatic rings. The Hall–Kier alpha value is -4.89. The van der Waals surface area contributed by atoms with Crippen LogP contribution in [0.5, 0.6) is 0 Å². The molecule has 2 fully saturated rings. The summed E-state index contributed by atoms with van der Waals surface area (Å²) in [7, 11) is 0. The molecule has 0 aliphatic carbocycles. The lowest BCUT2D eigenvalue weighted by Crippen LogP contribution is -2.42. The first kappa shape index (κ1) is 34.0. The number of esters is 2. The van der Waals surface area contributed by atoms with Gasteiger partial charge in [0.1, 0.15) is 25.4 Å². The van der Waals surface area contributed by atoms with Gasteiger partial charge in [0, 0.05) is 30.8 Å². The molecule has 2 unspecified atom stereocenters. The number of amides is 1. The van der Waals surface area contributed by atoms with Crippen LogP contribution >= 0.6 is 0 Å². The van der Waals surface area contributed by atoms with Gasteiger partial charge in [-0.3, -0.25) is 25.0 Å². The van der Waals surface area contributed by atoms with Gasteiger partial charge in [-0.2, -0.15) is 0 Å². The van der Waals surface area contributed by atoms with Crippen molar-refractivity contribution in [1.82, 2.24) is 4.90 Å².